The molecule has 1 aliphatic carbocycles. The number of aromatic nitrogens is 4. The Kier molecular flexibility index (Phi) is 5.14. The maximum absolute atomic E-state index is 5.02. The normalized spacial score (nSPS) is 13.7. The van der Waals surface area contributed by atoms with Gasteiger partial charge in [0.05, 0.1) is 5.69 Å². The lowest BCUT2D eigenvalue weighted by atomic mass is 9.97. The van der Waals surface area contributed by atoms with Crippen LogP contribution in [0.15, 0.2) is 41.4 Å². The number of rotatable bonds is 5. The van der Waals surface area contributed by atoms with E-state index in [0.29, 0.717) is 5.95 Å². The van der Waals surface area contributed by atoms with Crippen molar-refractivity contribution in [3.63, 3.8) is 0 Å². The van der Waals surface area contributed by atoms with Gasteiger partial charge in [-0.25, -0.2) is 9.67 Å². The van der Waals surface area contributed by atoms with Crippen LogP contribution in [0.4, 0.5) is 0 Å². The second kappa shape index (κ2) is 7.92. The van der Waals surface area contributed by atoms with Crippen LogP contribution < -0.4 is 0 Å². The summed E-state index contributed by atoms with van der Waals surface area (Å²) in [7, 11) is 0. The van der Waals surface area contributed by atoms with E-state index >= 15 is 0 Å². The maximum Gasteiger partial charge on any atom is 0.253 e. The van der Waals surface area contributed by atoms with E-state index in [2.05, 4.69) is 48.4 Å². The molecule has 4 nitrogen and oxygen atoms in total. The first-order chi connectivity index (χ1) is 14.2. The molecule has 29 heavy (non-hydrogen) atoms. The van der Waals surface area contributed by atoms with Crippen LogP contribution in [0, 0.1) is 13.8 Å². The highest BCUT2D eigenvalue weighted by Crippen LogP contribution is 2.40. The molecule has 6 heteroatoms. The van der Waals surface area contributed by atoms with Gasteiger partial charge in [0, 0.05) is 21.7 Å². The molecule has 0 saturated heterocycles. The van der Waals surface area contributed by atoms with E-state index in [-0.39, 0.29) is 0 Å². The topological polar surface area (TPSA) is 43.6 Å². The SMILES string of the molecule is Cc1cc(C)n(-c2nc(SCCc3ccccc3)c3c4c(sc3n2)CCCC4)n1. The Morgan fingerprint density at radius 1 is 1.07 bits per heavy atom. The van der Waals surface area contributed by atoms with Gasteiger partial charge in [0.2, 0.25) is 0 Å². The summed E-state index contributed by atoms with van der Waals surface area (Å²) in [6, 6.07) is 12.8. The van der Waals surface area contributed by atoms with E-state index in [1.165, 1.54) is 40.7 Å². The zero-order valence-corrected chi connectivity index (χ0v) is 18.4. The van der Waals surface area contributed by atoms with Crippen LogP contribution >= 0.6 is 23.1 Å². The fourth-order valence-electron chi connectivity index (χ4n) is 4.05. The van der Waals surface area contributed by atoms with Gasteiger partial charge in [0.15, 0.2) is 0 Å². The number of aryl methyl sites for hydroxylation is 5. The summed E-state index contributed by atoms with van der Waals surface area (Å²) in [5.74, 6) is 1.71. The number of thiophene rings is 1. The Balaban J connectivity index is 1.55. The molecule has 3 aromatic heterocycles. The zero-order valence-electron chi connectivity index (χ0n) is 16.8. The first kappa shape index (κ1) is 18.8. The van der Waals surface area contributed by atoms with Crippen LogP contribution in [0.1, 0.15) is 40.2 Å². The number of thioether (sulfide) groups is 1. The smallest absolute Gasteiger partial charge is 0.204 e. The Morgan fingerprint density at radius 3 is 2.69 bits per heavy atom. The minimum Gasteiger partial charge on any atom is -0.204 e. The zero-order chi connectivity index (χ0) is 19.8. The summed E-state index contributed by atoms with van der Waals surface area (Å²) in [6.45, 7) is 4.08. The highest BCUT2D eigenvalue weighted by atomic mass is 32.2. The highest BCUT2D eigenvalue weighted by Gasteiger charge is 2.22. The Hall–Kier alpha value is -2.18. The van der Waals surface area contributed by atoms with Crippen LogP contribution in [-0.2, 0) is 19.3 Å². The first-order valence-electron chi connectivity index (χ1n) is 10.2. The predicted octanol–water partition coefficient (Wildman–Crippen LogP) is 5.71. The number of hydrogen-bond acceptors (Lipinski definition) is 5. The molecule has 0 atom stereocenters. The second-order valence-corrected chi connectivity index (χ2v) is 9.81. The number of fused-ring (bicyclic) bond motifs is 3. The van der Waals surface area contributed by atoms with Crippen LogP contribution in [-0.4, -0.2) is 25.5 Å². The lowest BCUT2D eigenvalue weighted by Crippen LogP contribution is -2.06. The van der Waals surface area contributed by atoms with Crippen molar-refractivity contribution in [1.82, 2.24) is 19.7 Å². The molecule has 0 unspecified atom stereocenters. The van der Waals surface area contributed by atoms with E-state index in [0.717, 1.165) is 39.8 Å². The predicted molar refractivity (Wildman–Crippen MR) is 122 cm³/mol. The van der Waals surface area contributed by atoms with Crippen molar-refractivity contribution < 1.29 is 0 Å². The van der Waals surface area contributed by atoms with E-state index in [1.54, 1.807) is 0 Å². The van der Waals surface area contributed by atoms with Crippen molar-refractivity contribution in [2.75, 3.05) is 5.75 Å². The Morgan fingerprint density at radius 2 is 1.90 bits per heavy atom. The fraction of sp³-hybridized carbons (Fsp3) is 0.348. The van der Waals surface area contributed by atoms with E-state index in [9.17, 15) is 0 Å². The number of nitrogens with zero attached hydrogens (tertiary/aromatic N) is 4. The third-order valence-electron chi connectivity index (χ3n) is 5.44. The molecule has 148 valence electrons. The summed E-state index contributed by atoms with van der Waals surface area (Å²) < 4.78 is 1.88. The van der Waals surface area contributed by atoms with Gasteiger partial charge in [0.25, 0.3) is 5.95 Å². The van der Waals surface area contributed by atoms with E-state index < -0.39 is 0 Å². The van der Waals surface area contributed by atoms with Gasteiger partial charge in [-0.2, -0.15) is 10.1 Å². The van der Waals surface area contributed by atoms with E-state index in [4.69, 9.17) is 9.97 Å². The molecule has 0 bridgehead atoms. The minimum absolute atomic E-state index is 0.698. The highest BCUT2D eigenvalue weighted by molar-refractivity contribution is 7.99. The lowest BCUT2D eigenvalue weighted by Gasteiger charge is -2.12. The second-order valence-electron chi connectivity index (χ2n) is 7.64. The van der Waals surface area contributed by atoms with E-state index in [1.807, 2.05) is 34.7 Å². The van der Waals surface area contributed by atoms with Crippen LogP contribution in [0.2, 0.25) is 0 Å². The molecule has 0 radical (unpaired) electrons. The molecule has 1 aliphatic rings. The molecule has 5 rings (SSSR count). The van der Waals surface area contributed by atoms with Crippen molar-refractivity contribution in [2.45, 2.75) is 51.0 Å². The van der Waals surface area contributed by atoms with Crippen molar-refractivity contribution in [1.29, 1.82) is 0 Å². The van der Waals surface area contributed by atoms with Gasteiger partial charge in [-0.05, 0) is 63.1 Å². The largest absolute Gasteiger partial charge is 0.253 e. The van der Waals surface area contributed by atoms with Crippen molar-refractivity contribution >= 4 is 33.3 Å². The molecule has 3 heterocycles. The van der Waals surface area contributed by atoms with Gasteiger partial charge in [-0.1, -0.05) is 30.3 Å². The molecule has 0 amide bonds. The van der Waals surface area contributed by atoms with Gasteiger partial charge < -0.3 is 0 Å². The average Bonchev–Trinajstić information content (AvgIpc) is 3.27. The summed E-state index contributed by atoms with van der Waals surface area (Å²) in [5, 5.41) is 7.04. The third kappa shape index (κ3) is 3.71. The summed E-state index contributed by atoms with van der Waals surface area (Å²) in [5.41, 5.74) is 4.94. The average molecular weight is 421 g/mol. The van der Waals surface area contributed by atoms with Crippen molar-refractivity contribution in [3.05, 3.63) is 63.8 Å². The Labute approximate surface area is 179 Å². The third-order valence-corrected chi connectivity index (χ3v) is 7.60. The quantitative estimate of drug-likeness (QED) is 0.306. The van der Waals surface area contributed by atoms with Crippen LogP contribution in [0.3, 0.4) is 0 Å². The Bertz CT molecular complexity index is 1160. The summed E-state index contributed by atoms with van der Waals surface area (Å²) in [6.07, 6.45) is 5.93. The molecular weight excluding hydrogens is 396 g/mol. The monoisotopic (exact) mass is 420 g/mol. The van der Waals surface area contributed by atoms with Crippen molar-refractivity contribution in [2.24, 2.45) is 0 Å². The number of hydrogen-bond donors (Lipinski definition) is 0. The molecular formula is C23H24N4S2. The molecule has 1 aromatic carbocycles. The van der Waals surface area contributed by atoms with Gasteiger partial charge in [-0.15, -0.1) is 23.1 Å². The van der Waals surface area contributed by atoms with Gasteiger partial charge >= 0.3 is 0 Å². The standard InChI is InChI=1S/C23H24N4S2/c1-15-14-16(2)27(26-15)23-24-21(28-13-12-17-8-4-3-5-9-17)20-18-10-6-7-11-19(18)29-22(20)25-23/h3-5,8-9,14H,6-7,10-13H2,1-2H3. The van der Waals surface area contributed by atoms with Gasteiger partial charge in [-0.3, -0.25) is 0 Å². The molecule has 0 aliphatic heterocycles. The van der Waals surface area contributed by atoms with Crippen LogP contribution in [0.25, 0.3) is 16.2 Å². The molecule has 0 saturated carbocycles. The maximum atomic E-state index is 5.02. The molecule has 4 aromatic rings. The van der Waals surface area contributed by atoms with Crippen LogP contribution in [0.5, 0.6) is 0 Å². The number of benzene rings is 1. The molecule has 0 spiro atoms. The summed E-state index contributed by atoms with van der Waals surface area (Å²) in [4.78, 5) is 12.6. The molecule has 0 fully saturated rings. The molecule has 0 N–H and O–H groups in total. The summed E-state index contributed by atoms with van der Waals surface area (Å²) >= 11 is 3.72. The lowest BCUT2D eigenvalue weighted by molar-refractivity contribution is 0.699. The minimum atomic E-state index is 0.698. The fourth-order valence-corrected chi connectivity index (χ4v) is 6.42. The van der Waals surface area contributed by atoms with Crippen molar-refractivity contribution in [3.8, 4) is 5.95 Å². The van der Waals surface area contributed by atoms with Gasteiger partial charge in [0.1, 0.15) is 9.86 Å². The first-order valence-corrected chi connectivity index (χ1v) is 12.0.